The zero-order valence-electron chi connectivity index (χ0n) is 10.8. The molecule has 0 aromatic heterocycles. The van der Waals surface area contributed by atoms with E-state index in [0.29, 0.717) is 24.6 Å². The zero-order chi connectivity index (χ0) is 14.3. The molecule has 1 amide bonds. The van der Waals surface area contributed by atoms with Crippen molar-refractivity contribution in [2.24, 2.45) is 5.73 Å². The predicted octanol–water partition coefficient (Wildman–Crippen LogP) is 2.10. The van der Waals surface area contributed by atoms with Crippen LogP contribution in [0.4, 0.5) is 0 Å². The number of nitrogens with zero attached hydrogens (tertiary/aromatic N) is 1. The second kappa shape index (κ2) is 8.24. The smallest absolute Gasteiger partial charge is 0.248 e. The minimum atomic E-state index is -0.0775. The molecule has 0 aliphatic heterocycles. The summed E-state index contributed by atoms with van der Waals surface area (Å²) in [4.78, 5) is 13.7. The first-order valence-corrected chi connectivity index (χ1v) is 7.03. The normalized spacial score (nSPS) is 10.2. The highest BCUT2D eigenvalue weighted by molar-refractivity contribution is 9.10. The molecule has 0 aliphatic carbocycles. The Labute approximate surface area is 127 Å². The lowest BCUT2D eigenvalue weighted by Gasteiger charge is -2.16. The molecule has 6 heteroatoms. The van der Waals surface area contributed by atoms with Crippen LogP contribution in [0.25, 0.3) is 0 Å². The Morgan fingerprint density at radius 2 is 2.26 bits per heavy atom. The Morgan fingerprint density at radius 1 is 1.53 bits per heavy atom. The Bertz CT molecular complexity index is 454. The summed E-state index contributed by atoms with van der Waals surface area (Å²) in [5, 5.41) is 0. The van der Waals surface area contributed by atoms with E-state index in [1.54, 1.807) is 11.9 Å². The van der Waals surface area contributed by atoms with Crippen molar-refractivity contribution >= 4 is 39.0 Å². The van der Waals surface area contributed by atoms with Gasteiger partial charge in [0.15, 0.2) is 0 Å². The highest BCUT2D eigenvalue weighted by atomic mass is 79.9. The molecule has 0 radical (unpaired) electrons. The molecule has 1 rings (SSSR count). The van der Waals surface area contributed by atoms with Crippen LogP contribution in [0.2, 0.25) is 0 Å². The number of amides is 1. The SMILES string of the molecule is CN(CCC(N)=S)C(=O)COCc1cccc(Br)c1. The highest BCUT2D eigenvalue weighted by Crippen LogP contribution is 2.12. The van der Waals surface area contributed by atoms with E-state index in [-0.39, 0.29) is 12.5 Å². The lowest BCUT2D eigenvalue weighted by atomic mass is 10.2. The molecule has 0 heterocycles. The second-order valence-corrected chi connectivity index (χ2v) is 5.59. The fraction of sp³-hybridized carbons (Fsp3) is 0.385. The monoisotopic (exact) mass is 344 g/mol. The third kappa shape index (κ3) is 6.66. The van der Waals surface area contributed by atoms with Crippen molar-refractivity contribution in [3.8, 4) is 0 Å². The number of carbonyl (C=O) groups is 1. The minimum Gasteiger partial charge on any atom is -0.393 e. The molecule has 0 bridgehead atoms. The number of carbonyl (C=O) groups excluding carboxylic acids is 1. The molecular formula is C13H17BrN2O2S. The van der Waals surface area contributed by atoms with Crippen molar-refractivity contribution in [3.05, 3.63) is 34.3 Å². The van der Waals surface area contributed by atoms with Gasteiger partial charge in [-0.2, -0.15) is 0 Å². The molecule has 0 fully saturated rings. The molecule has 1 aromatic carbocycles. The van der Waals surface area contributed by atoms with Gasteiger partial charge in [-0.05, 0) is 17.7 Å². The van der Waals surface area contributed by atoms with Gasteiger partial charge in [-0.1, -0.05) is 40.3 Å². The molecule has 19 heavy (non-hydrogen) atoms. The van der Waals surface area contributed by atoms with Crippen molar-refractivity contribution < 1.29 is 9.53 Å². The van der Waals surface area contributed by atoms with Crippen LogP contribution in [0.5, 0.6) is 0 Å². The van der Waals surface area contributed by atoms with E-state index < -0.39 is 0 Å². The maximum absolute atomic E-state index is 11.7. The Morgan fingerprint density at radius 3 is 2.89 bits per heavy atom. The first-order chi connectivity index (χ1) is 8.99. The Balaban J connectivity index is 2.28. The second-order valence-electron chi connectivity index (χ2n) is 4.15. The molecule has 0 saturated heterocycles. The number of thiocarbonyl (C=S) groups is 1. The van der Waals surface area contributed by atoms with Crippen molar-refractivity contribution in [1.82, 2.24) is 4.90 Å². The van der Waals surface area contributed by atoms with Gasteiger partial charge in [-0.25, -0.2) is 0 Å². The molecule has 0 spiro atoms. The van der Waals surface area contributed by atoms with E-state index in [1.807, 2.05) is 24.3 Å². The van der Waals surface area contributed by atoms with Crippen LogP contribution < -0.4 is 5.73 Å². The van der Waals surface area contributed by atoms with E-state index in [1.165, 1.54) is 0 Å². The Kier molecular flexibility index (Phi) is 6.97. The number of hydrogen-bond donors (Lipinski definition) is 1. The molecule has 0 saturated carbocycles. The Hall–Kier alpha value is -0.980. The predicted molar refractivity (Wildman–Crippen MR) is 82.8 cm³/mol. The van der Waals surface area contributed by atoms with Gasteiger partial charge in [0.1, 0.15) is 6.61 Å². The summed E-state index contributed by atoms with van der Waals surface area (Å²) in [6.45, 7) is 0.989. The number of hydrogen-bond acceptors (Lipinski definition) is 3. The van der Waals surface area contributed by atoms with E-state index in [0.717, 1.165) is 10.0 Å². The average molecular weight is 345 g/mol. The average Bonchev–Trinajstić information content (AvgIpc) is 2.35. The van der Waals surface area contributed by atoms with E-state index in [4.69, 9.17) is 22.7 Å². The first-order valence-electron chi connectivity index (χ1n) is 5.83. The first kappa shape index (κ1) is 16.1. The molecule has 0 unspecified atom stereocenters. The van der Waals surface area contributed by atoms with Gasteiger partial charge < -0.3 is 15.4 Å². The summed E-state index contributed by atoms with van der Waals surface area (Å²) >= 11 is 8.15. The van der Waals surface area contributed by atoms with Gasteiger partial charge >= 0.3 is 0 Å². The number of rotatable bonds is 7. The summed E-state index contributed by atoms with van der Waals surface area (Å²) in [5.41, 5.74) is 6.41. The number of ether oxygens (including phenoxy) is 1. The van der Waals surface area contributed by atoms with Crippen LogP contribution in [0, 0.1) is 0 Å². The van der Waals surface area contributed by atoms with Crippen molar-refractivity contribution in [2.75, 3.05) is 20.2 Å². The summed E-state index contributed by atoms with van der Waals surface area (Å²) in [6, 6.07) is 7.78. The topological polar surface area (TPSA) is 55.6 Å². The van der Waals surface area contributed by atoms with E-state index in [9.17, 15) is 4.79 Å². The zero-order valence-corrected chi connectivity index (χ0v) is 13.2. The summed E-state index contributed by atoms with van der Waals surface area (Å²) in [7, 11) is 1.71. The van der Waals surface area contributed by atoms with Crippen LogP contribution in [0.1, 0.15) is 12.0 Å². The maximum atomic E-state index is 11.7. The summed E-state index contributed by atoms with van der Waals surface area (Å²) in [6.07, 6.45) is 0.531. The lowest BCUT2D eigenvalue weighted by Crippen LogP contribution is -2.32. The van der Waals surface area contributed by atoms with Gasteiger partial charge in [0.2, 0.25) is 5.91 Å². The fourth-order valence-corrected chi connectivity index (χ4v) is 1.93. The van der Waals surface area contributed by atoms with Gasteiger partial charge in [0.05, 0.1) is 11.6 Å². The quantitative estimate of drug-likeness (QED) is 0.769. The molecule has 4 nitrogen and oxygen atoms in total. The van der Waals surface area contributed by atoms with Gasteiger partial charge in [-0.3, -0.25) is 4.79 Å². The number of nitrogens with two attached hydrogens (primary N) is 1. The molecule has 2 N–H and O–H groups in total. The largest absolute Gasteiger partial charge is 0.393 e. The number of likely N-dealkylation sites (N-methyl/N-ethyl adjacent to an activating group) is 1. The van der Waals surface area contributed by atoms with E-state index >= 15 is 0 Å². The molecule has 104 valence electrons. The highest BCUT2D eigenvalue weighted by Gasteiger charge is 2.08. The minimum absolute atomic E-state index is 0.0559. The van der Waals surface area contributed by atoms with E-state index in [2.05, 4.69) is 15.9 Å². The molecule has 0 aliphatic rings. The van der Waals surface area contributed by atoms with Gasteiger partial charge in [-0.15, -0.1) is 0 Å². The fourth-order valence-electron chi connectivity index (χ4n) is 1.40. The van der Waals surface area contributed by atoms with Crippen molar-refractivity contribution in [2.45, 2.75) is 13.0 Å². The summed E-state index contributed by atoms with van der Waals surface area (Å²) < 4.78 is 6.38. The third-order valence-electron chi connectivity index (χ3n) is 2.50. The lowest BCUT2D eigenvalue weighted by molar-refractivity contribution is -0.135. The van der Waals surface area contributed by atoms with Crippen molar-refractivity contribution in [1.29, 1.82) is 0 Å². The van der Waals surface area contributed by atoms with Crippen LogP contribution in [0.3, 0.4) is 0 Å². The standard InChI is InChI=1S/C13H17BrN2O2S/c1-16(6-5-12(15)19)13(17)9-18-8-10-3-2-4-11(14)7-10/h2-4,7H,5-6,8-9H2,1H3,(H2,15,19). The molecule has 1 aromatic rings. The van der Waals surface area contributed by atoms with Crippen LogP contribution in [-0.4, -0.2) is 36.0 Å². The van der Waals surface area contributed by atoms with Crippen LogP contribution in [0.15, 0.2) is 28.7 Å². The summed E-state index contributed by atoms with van der Waals surface area (Å²) in [5.74, 6) is -0.0775. The third-order valence-corrected chi connectivity index (χ3v) is 3.20. The molecular weight excluding hydrogens is 328 g/mol. The number of halogens is 1. The van der Waals surface area contributed by atoms with Gasteiger partial charge in [0, 0.05) is 24.5 Å². The van der Waals surface area contributed by atoms with Crippen LogP contribution in [-0.2, 0) is 16.1 Å². The van der Waals surface area contributed by atoms with Gasteiger partial charge in [0.25, 0.3) is 0 Å². The maximum Gasteiger partial charge on any atom is 0.248 e. The van der Waals surface area contributed by atoms with Crippen molar-refractivity contribution in [3.63, 3.8) is 0 Å². The molecule has 0 atom stereocenters. The number of benzene rings is 1. The van der Waals surface area contributed by atoms with Crippen LogP contribution >= 0.6 is 28.1 Å².